The molecular weight excluding hydrogens is 704 g/mol. The van der Waals surface area contributed by atoms with Crippen LogP contribution < -0.4 is 15.8 Å². The third kappa shape index (κ3) is 5.59. The van der Waals surface area contributed by atoms with E-state index >= 15 is 0 Å². The molecule has 252 valence electrons. The van der Waals surface area contributed by atoms with Crippen LogP contribution in [0.5, 0.6) is 11.5 Å². The Bertz CT molecular complexity index is 2180. The number of ether oxygens (including phenoxy) is 1. The molecule has 3 aliphatic heterocycles. The molecule has 3 aromatic carbocycles. The molecule has 0 bridgehead atoms. The van der Waals surface area contributed by atoms with Crippen LogP contribution >= 0.6 is 15.9 Å². The largest absolute Gasteiger partial charge is 0.457 e. The Morgan fingerprint density at radius 1 is 0.880 bits per heavy atom. The number of rotatable bonds is 7. The Hall–Kier alpha value is -5.47. The molecule has 5 aromatic rings. The summed E-state index contributed by atoms with van der Waals surface area (Å²) in [6.07, 6.45) is 3.24. The molecule has 0 spiro atoms. The van der Waals surface area contributed by atoms with Crippen molar-refractivity contribution in [3.8, 4) is 22.8 Å². The summed E-state index contributed by atoms with van der Waals surface area (Å²) in [5, 5.41) is 7.98. The van der Waals surface area contributed by atoms with Crippen LogP contribution in [0.2, 0.25) is 0 Å². The van der Waals surface area contributed by atoms with E-state index in [2.05, 4.69) is 36.1 Å². The topological polar surface area (TPSA) is 166 Å². The van der Waals surface area contributed by atoms with Crippen molar-refractivity contribution in [3.63, 3.8) is 0 Å². The predicted octanol–water partition coefficient (Wildman–Crippen LogP) is 4.87. The molecule has 0 radical (unpaired) electrons. The fourth-order valence-corrected chi connectivity index (χ4v) is 7.64. The van der Waals surface area contributed by atoms with E-state index in [-0.39, 0.29) is 30.0 Å². The Labute approximate surface area is 294 Å². The highest BCUT2D eigenvalue weighted by Crippen LogP contribution is 2.38. The van der Waals surface area contributed by atoms with Crippen LogP contribution in [0.15, 0.2) is 77.5 Å². The summed E-state index contributed by atoms with van der Waals surface area (Å²) in [6, 6.07) is 19.9. The Morgan fingerprint density at radius 2 is 1.62 bits per heavy atom. The molecule has 2 aromatic heterocycles. The van der Waals surface area contributed by atoms with Crippen molar-refractivity contribution in [2.45, 2.75) is 44.3 Å². The third-order valence-electron chi connectivity index (χ3n) is 9.55. The minimum Gasteiger partial charge on any atom is -0.457 e. The number of carbonyl (C=O) groups excluding carboxylic acids is 4. The van der Waals surface area contributed by atoms with E-state index in [0.717, 1.165) is 47.7 Å². The number of nitrogens with one attached hydrogen (secondary N) is 1. The minimum atomic E-state index is -1.01. The number of amides is 4. The van der Waals surface area contributed by atoms with Crippen molar-refractivity contribution >= 4 is 56.4 Å². The van der Waals surface area contributed by atoms with Crippen molar-refractivity contribution < 1.29 is 23.9 Å². The summed E-state index contributed by atoms with van der Waals surface area (Å²) in [4.78, 5) is 63.0. The molecular formula is C36H31BrN8O5. The van der Waals surface area contributed by atoms with Crippen molar-refractivity contribution in [2.24, 2.45) is 0 Å². The highest BCUT2D eigenvalue weighted by Gasteiger charge is 2.46. The lowest BCUT2D eigenvalue weighted by atomic mass is 10.0. The zero-order chi connectivity index (χ0) is 34.5. The number of para-hydroxylation sites is 1. The van der Waals surface area contributed by atoms with Crippen LogP contribution in [0.1, 0.15) is 58.0 Å². The first-order chi connectivity index (χ1) is 24.3. The number of aromatic nitrogens is 4. The van der Waals surface area contributed by atoms with Gasteiger partial charge in [0, 0.05) is 36.1 Å². The number of piperidine rings is 2. The van der Waals surface area contributed by atoms with Gasteiger partial charge in [-0.1, -0.05) is 24.3 Å². The first-order valence-electron chi connectivity index (χ1n) is 16.3. The molecule has 14 heteroatoms. The zero-order valence-electron chi connectivity index (χ0n) is 26.7. The number of hydrogen-bond donors (Lipinski definition) is 2. The second kappa shape index (κ2) is 12.8. The van der Waals surface area contributed by atoms with Gasteiger partial charge in [-0.05, 0) is 83.2 Å². The van der Waals surface area contributed by atoms with E-state index in [0.29, 0.717) is 39.3 Å². The van der Waals surface area contributed by atoms with Gasteiger partial charge in [0.1, 0.15) is 35.4 Å². The average Bonchev–Trinajstić information content (AvgIpc) is 3.63. The fraction of sp³-hybridized carbons (Fsp3) is 0.250. The summed E-state index contributed by atoms with van der Waals surface area (Å²) in [7, 11) is 0. The summed E-state index contributed by atoms with van der Waals surface area (Å²) in [6.45, 7) is 2.07. The summed E-state index contributed by atoms with van der Waals surface area (Å²) in [5.41, 5.74) is 10.0. The molecule has 0 aliphatic carbocycles. The van der Waals surface area contributed by atoms with Gasteiger partial charge in [0.05, 0.1) is 22.6 Å². The van der Waals surface area contributed by atoms with E-state index in [1.54, 1.807) is 6.07 Å². The van der Waals surface area contributed by atoms with Gasteiger partial charge in [-0.25, -0.2) is 14.6 Å². The van der Waals surface area contributed by atoms with Gasteiger partial charge in [0.2, 0.25) is 11.8 Å². The number of likely N-dealkylation sites (tertiary alicyclic amines) is 1. The Balaban J connectivity index is 0.979. The van der Waals surface area contributed by atoms with Gasteiger partial charge in [-0.3, -0.25) is 34.3 Å². The van der Waals surface area contributed by atoms with Gasteiger partial charge in [-0.15, -0.1) is 0 Å². The van der Waals surface area contributed by atoms with E-state index < -0.39 is 29.7 Å². The standard InChI is InChI=1S/C36H31BrN8O5/c37-30-21(8-11-25-28(30)36(49)44(35(25)48)26-12-13-27(46)41-34(26)47)18-43-16-14-22(15-17-43)45-33-29(32(38)39-19-40-33)31(42-45)20-6-9-24(10-7-20)50-23-4-2-1-3-5-23/h1-11,19,22,26H,12-18H2,(H2,38,39,40)(H,41,46,47). The smallest absolute Gasteiger partial charge is 0.263 e. The van der Waals surface area contributed by atoms with E-state index in [9.17, 15) is 19.2 Å². The third-order valence-corrected chi connectivity index (χ3v) is 10.5. The van der Waals surface area contributed by atoms with Crippen LogP contribution in [-0.2, 0) is 16.1 Å². The lowest BCUT2D eigenvalue weighted by molar-refractivity contribution is -0.136. The SMILES string of the molecule is Nc1ncnc2c1c(-c1ccc(Oc3ccccc3)cc1)nn2C1CCN(Cc2ccc3c(c2Br)C(=O)N(C2CCC(=O)NC2=O)C3=O)CC1. The highest BCUT2D eigenvalue weighted by molar-refractivity contribution is 9.10. The summed E-state index contributed by atoms with van der Waals surface area (Å²) >= 11 is 3.60. The van der Waals surface area contributed by atoms with Crippen molar-refractivity contribution in [1.29, 1.82) is 0 Å². The molecule has 1 unspecified atom stereocenters. The second-order valence-electron chi connectivity index (χ2n) is 12.6. The number of fused-ring (bicyclic) bond motifs is 2. The number of imide groups is 2. The maximum absolute atomic E-state index is 13.5. The summed E-state index contributed by atoms with van der Waals surface area (Å²) in [5.74, 6) is -0.280. The average molecular weight is 736 g/mol. The molecule has 3 aliphatic rings. The number of halogens is 1. The summed E-state index contributed by atoms with van der Waals surface area (Å²) < 4.78 is 8.48. The van der Waals surface area contributed by atoms with E-state index in [1.807, 2.05) is 65.3 Å². The lowest BCUT2D eigenvalue weighted by Gasteiger charge is -2.32. The lowest BCUT2D eigenvalue weighted by Crippen LogP contribution is -2.54. The number of hydrogen-bond acceptors (Lipinski definition) is 10. The van der Waals surface area contributed by atoms with Crippen LogP contribution in [0.4, 0.5) is 5.82 Å². The van der Waals surface area contributed by atoms with E-state index in [1.165, 1.54) is 6.33 Å². The molecule has 2 saturated heterocycles. The quantitative estimate of drug-likeness (QED) is 0.220. The Kier molecular flexibility index (Phi) is 8.11. The maximum atomic E-state index is 13.5. The highest BCUT2D eigenvalue weighted by atomic mass is 79.9. The second-order valence-corrected chi connectivity index (χ2v) is 13.4. The first-order valence-corrected chi connectivity index (χ1v) is 17.1. The number of carbonyl (C=O) groups is 4. The number of nitrogen functional groups attached to an aromatic ring is 1. The number of benzene rings is 3. The van der Waals surface area contributed by atoms with Crippen molar-refractivity contribution in [2.75, 3.05) is 18.8 Å². The van der Waals surface area contributed by atoms with Gasteiger partial charge < -0.3 is 10.5 Å². The molecule has 13 nitrogen and oxygen atoms in total. The van der Waals surface area contributed by atoms with Gasteiger partial charge in [0.15, 0.2) is 5.65 Å². The van der Waals surface area contributed by atoms with E-state index in [4.69, 9.17) is 15.6 Å². The number of nitrogens with two attached hydrogens (primary N) is 1. The fourth-order valence-electron chi connectivity index (χ4n) is 7.00. The predicted molar refractivity (Wildman–Crippen MR) is 186 cm³/mol. The Morgan fingerprint density at radius 3 is 2.36 bits per heavy atom. The maximum Gasteiger partial charge on any atom is 0.263 e. The van der Waals surface area contributed by atoms with Crippen molar-refractivity contribution in [3.05, 3.63) is 94.2 Å². The van der Waals surface area contributed by atoms with Gasteiger partial charge >= 0.3 is 0 Å². The normalized spacial score (nSPS) is 18.5. The molecule has 0 saturated carbocycles. The minimum absolute atomic E-state index is 0.0693. The zero-order valence-corrected chi connectivity index (χ0v) is 28.3. The molecule has 50 heavy (non-hydrogen) atoms. The first kappa shape index (κ1) is 31.8. The van der Waals surface area contributed by atoms with Crippen LogP contribution in [-0.4, -0.2) is 72.3 Å². The molecule has 1 atom stereocenters. The molecule has 3 N–H and O–H groups in total. The van der Waals surface area contributed by atoms with Gasteiger partial charge in [0.25, 0.3) is 11.8 Å². The van der Waals surface area contributed by atoms with Crippen LogP contribution in [0, 0.1) is 0 Å². The number of anilines is 1. The van der Waals surface area contributed by atoms with Crippen LogP contribution in [0.3, 0.4) is 0 Å². The van der Waals surface area contributed by atoms with Crippen LogP contribution in [0.25, 0.3) is 22.3 Å². The molecule has 4 amide bonds. The van der Waals surface area contributed by atoms with Gasteiger partial charge in [-0.2, -0.15) is 5.10 Å². The number of nitrogens with zero attached hydrogens (tertiary/aromatic N) is 6. The molecule has 2 fully saturated rings. The van der Waals surface area contributed by atoms with Crippen molar-refractivity contribution in [1.82, 2.24) is 34.9 Å². The molecule has 8 rings (SSSR count). The monoisotopic (exact) mass is 734 g/mol. The molecule has 5 heterocycles.